The molecule has 2 rings (SSSR count). The molecule has 1 aromatic rings. The normalized spacial score (nSPS) is 15.8. The molecule has 5 nitrogen and oxygen atoms in total. The molecule has 1 saturated heterocycles. The molecule has 0 spiro atoms. The molecule has 0 unspecified atom stereocenters. The Hall–Kier alpha value is -2.39. The highest BCUT2D eigenvalue weighted by atomic mass is 19.1. The molecule has 6 heteroatoms. The molecule has 0 radical (unpaired) electrons. The Balaban J connectivity index is 1.97. The first-order valence-corrected chi connectivity index (χ1v) is 8.82. The van der Waals surface area contributed by atoms with Gasteiger partial charge in [0.05, 0.1) is 18.5 Å². The monoisotopic (exact) mass is 359 g/mol. The third kappa shape index (κ3) is 5.06. The van der Waals surface area contributed by atoms with Crippen LogP contribution in [0.2, 0.25) is 0 Å². The summed E-state index contributed by atoms with van der Waals surface area (Å²) in [6.07, 6.45) is 5.94. The zero-order valence-corrected chi connectivity index (χ0v) is 15.4. The molecule has 0 bridgehead atoms. The summed E-state index contributed by atoms with van der Waals surface area (Å²) in [6.45, 7) is 6.82. The third-order valence-electron chi connectivity index (χ3n) is 4.73. The van der Waals surface area contributed by atoms with Crippen LogP contribution in [0.1, 0.15) is 25.8 Å². The van der Waals surface area contributed by atoms with Gasteiger partial charge in [-0.05, 0) is 38.0 Å². The van der Waals surface area contributed by atoms with Gasteiger partial charge in [-0.3, -0.25) is 14.5 Å². The van der Waals surface area contributed by atoms with Crippen LogP contribution in [-0.2, 0) is 15.0 Å². The molecule has 1 heterocycles. The SMILES string of the molecule is C#CCNC(=O)CN1CCCN(C(=O)C(C)(C)c2ccc(F)cc2)CC1. The highest BCUT2D eigenvalue weighted by molar-refractivity contribution is 5.87. The fraction of sp³-hybridized carbons (Fsp3) is 0.500. The number of carbonyl (C=O) groups excluding carboxylic acids is 2. The lowest BCUT2D eigenvalue weighted by Crippen LogP contribution is -2.45. The van der Waals surface area contributed by atoms with Crippen molar-refractivity contribution >= 4 is 11.8 Å². The minimum atomic E-state index is -0.729. The molecule has 1 N–H and O–H groups in total. The van der Waals surface area contributed by atoms with Crippen LogP contribution in [0.5, 0.6) is 0 Å². The average molecular weight is 359 g/mol. The maximum atomic E-state index is 13.2. The predicted octanol–water partition coefficient (Wildman–Crippen LogP) is 1.39. The second-order valence-electron chi connectivity index (χ2n) is 7.03. The maximum Gasteiger partial charge on any atom is 0.234 e. The van der Waals surface area contributed by atoms with E-state index in [0.717, 1.165) is 18.5 Å². The number of nitrogens with one attached hydrogen (secondary N) is 1. The largest absolute Gasteiger partial charge is 0.344 e. The molecule has 1 fully saturated rings. The minimum absolute atomic E-state index is 0.0164. The van der Waals surface area contributed by atoms with Crippen LogP contribution in [-0.4, -0.2) is 60.9 Å². The van der Waals surface area contributed by atoms with Gasteiger partial charge < -0.3 is 10.2 Å². The van der Waals surface area contributed by atoms with Gasteiger partial charge in [0, 0.05) is 26.2 Å². The first-order valence-electron chi connectivity index (χ1n) is 8.82. The Labute approximate surface area is 154 Å². The summed E-state index contributed by atoms with van der Waals surface area (Å²) in [5.41, 5.74) is 0.0613. The number of carbonyl (C=O) groups is 2. The van der Waals surface area contributed by atoms with Gasteiger partial charge in [0.15, 0.2) is 0 Å². The van der Waals surface area contributed by atoms with Crippen molar-refractivity contribution in [3.8, 4) is 12.3 Å². The van der Waals surface area contributed by atoms with Crippen LogP contribution in [0.25, 0.3) is 0 Å². The summed E-state index contributed by atoms with van der Waals surface area (Å²) in [4.78, 5) is 28.7. The number of hydrogen-bond donors (Lipinski definition) is 1. The predicted molar refractivity (Wildman–Crippen MR) is 98.9 cm³/mol. The molecular formula is C20H26FN3O2. The van der Waals surface area contributed by atoms with Gasteiger partial charge in [0.25, 0.3) is 0 Å². The number of hydrogen-bond acceptors (Lipinski definition) is 3. The molecular weight excluding hydrogens is 333 g/mol. The number of terminal acetylenes is 1. The number of rotatable bonds is 5. The number of benzene rings is 1. The lowest BCUT2D eigenvalue weighted by atomic mass is 9.83. The van der Waals surface area contributed by atoms with Crippen LogP contribution < -0.4 is 5.32 Å². The van der Waals surface area contributed by atoms with Gasteiger partial charge in [0.1, 0.15) is 5.82 Å². The van der Waals surface area contributed by atoms with Crippen molar-refractivity contribution < 1.29 is 14.0 Å². The van der Waals surface area contributed by atoms with Gasteiger partial charge >= 0.3 is 0 Å². The Bertz CT molecular complexity index is 679. The smallest absolute Gasteiger partial charge is 0.234 e. The summed E-state index contributed by atoms with van der Waals surface area (Å²) in [5.74, 6) is 1.98. The number of halogens is 1. The van der Waals surface area contributed by atoms with Crippen molar-refractivity contribution in [2.75, 3.05) is 39.3 Å². The summed E-state index contributed by atoms with van der Waals surface area (Å²) in [6, 6.07) is 6.08. The van der Waals surface area contributed by atoms with E-state index in [1.807, 2.05) is 23.6 Å². The van der Waals surface area contributed by atoms with Crippen LogP contribution in [0.3, 0.4) is 0 Å². The van der Waals surface area contributed by atoms with Crippen molar-refractivity contribution in [3.05, 3.63) is 35.6 Å². The van der Waals surface area contributed by atoms with Crippen molar-refractivity contribution in [1.29, 1.82) is 0 Å². The molecule has 0 aromatic heterocycles. The molecule has 1 aliphatic heterocycles. The zero-order valence-electron chi connectivity index (χ0n) is 15.4. The summed E-state index contributed by atoms with van der Waals surface area (Å²) < 4.78 is 13.2. The molecule has 2 amide bonds. The lowest BCUT2D eigenvalue weighted by molar-refractivity contribution is -0.136. The van der Waals surface area contributed by atoms with Crippen LogP contribution >= 0.6 is 0 Å². The summed E-state index contributed by atoms with van der Waals surface area (Å²) >= 11 is 0. The Morgan fingerprint density at radius 3 is 2.54 bits per heavy atom. The standard InChI is InChI=1S/C20H26FN3O2/c1-4-10-22-18(25)15-23-11-5-12-24(14-13-23)19(26)20(2,3)16-6-8-17(21)9-7-16/h1,6-9H,5,10-15H2,2-3H3,(H,22,25). The van der Waals surface area contributed by atoms with Gasteiger partial charge in [-0.25, -0.2) is 4.39 Å². The Kier molecular flexibility index (Phi) is 6.76. The van der Waals surface area contributed by atoms with Crippen LogP contribution in [0.4, 0.5) is 4.39 Å². The molecule has 26 heavy (non-hydrogen) atoms. The van der Waals surface area contributed by atoms with Gasteiger partial charge in [-0.15, -0.1) is 6.42 Å². The van der Waals surface area contributed by atoms with E-state index in [0.29, 0.717) is 19.6 Å². The highest BCUT2D eigenvalue weighted by Gasteiger charge is 2.34. The molecule has 1 aliphatic rings. The van der Waals surface area contributed by atoms with E-state index in [9.17, 15) is 14.0 Å². The second-order valence-corrected chi connectivity index (χ2v) is 7.03. The van der Waals surface area contributed by atoms with Gasteiger partial charge in [-0.2, -0.15) is 0 Å². The van der Waals surface area contributed by atoms with Gasteiger partial charge in [-0.1, -0.05) is 18.1 Å². The zero-order chi connectivity index (χ0) is 19.2. The lowest BCUT2D eigenvalue weighted by Gasteiger charge is -2.31. The van der Waals surface area contributed by atoms with E-state index in [1.165, 1.54) is 12.1 Å². The second kappa shape index (κ2) is 8.81. The minimum Gasteiger partial charge on any atom is -0.344 e. The van der Waals surface area contributed by atoms with Gasteiger partial charge in [0.2, 0.25) is 11.8 Å². The van der Waals surface area contributed by atoms with Crippen LogP contribution in [0, 0.1) is 18.2 Å². The Morgan fingerprint density at radius 2 is 1.88 bits per heavy atom. The molecule has 1 aromatic carbocycles. The molecule has 140 valence electrons. The van der Waals surface area contributed by atoms with Crippen molar-refractivity contribution in [2.45, 2.75) is 25.7 Å². The Morgan fingerprint density at radius 1 is 1.19 bits per heavy atom. The van der Waals surface area contributed by atoms with Crippen molar-refractivity contribution in [1.82, 2.24) is 15.1 Å². The quantitative estimate of drug-likeness (QED) is 0.809. The van der Waals surface area contributed by atoms with E-state index < -0.39 is 5.41 Å². The summed E-state index contributed by atoms with van der Waals surface area (Å²) in [5, 5.41) is 2.66. The summed E-state index contributed by atoms with van der Waals surface area (Å²) in [7, 11) is 0. The van der Waals surface area contributed by atoms with Crippen molar-refractivity contribution in [2.24, 2.45) is 0 Å². The molecule has 0 saturated carbocycles. The fourth-order valence-electron chi connectivity index (χ4n) is 3.13. The first kappa shape index (κ1) is 19.9. The number of amides is 2. The average Bonchev–Trinajstić information content (AvgIpc) is 2.85. The van der Waals surface area contributed by atoms with E-state index in [1.54, 1.807) is 12.1 Å². The first-order chi connectivity index (χ1) is 12.3. The molecule has 0 atom stereocenters. The fourth-order valence-corrected chi connectivity index (χ4v) is 3.13. The third-order valence-corrected chi connectivity index (χ3v) is 4.73. The van der Waals surface area contributed by atoms with E-state index in [4.69, 9.17) is 6.42 Å². The van der Waals surface area contributed by atoms with E-state index >= 15 is 0 Å². The van der Waals surface area contributed by atoms with Crippen molar-refractivity contribution in [3.63, 3.8) is 0 Å². The topological polar surface area (TPSA) is 52.7 Å². The number of nitrogens with zero attached hydrogens (tertiary/aromatic N) is 2. The van der Waals surface area contributed by atoms with Crippen LogP contribution in [0.15, 0.2) is 24.3 Å². The maximum absolute atomic E-state index is 13.2. The van der Waals surface area contributed by atoms with E-state index in [-0.39, 0.29) is 30.7 Å². The van der Waals surface area contributed by atoms with E-state index in [2.05, 4.69) is 11.2 Å². The molecule has 0 aliphatic carbocycles. The highest BCUT2D eigenvalue weighted by Crippen LogP contribution is 2.26.